The number of hydrogen-bond donors (Lipinski definition) is 1. The lowest BCUT2D eigenvalue weighted by atomic mass is 10.3. The average Bonchev–Trinajstić information content (AvgIpc) is 2.98. The molecule has 0 saturated heterocycles. The highest BCUT2D eigenvalue weighted by atomic mass is 32.1. The highest BCUT2D eigenvalue weighted by molar-refractivity contribution is 7.14. The van der Waals surface area contributed by atoms with Crippen LogP contribution in [-0.2, 0) is 16.0 Å². The zero-order chi connectivity index (χ0) is 13.8. The smallest absolute Gasteiger partial charge is 0.311 e. The maximum atomic E-state index is 11.8. The summed E-state index contributed by atoms with van der Waals surface area (Å²) in [6.45, 7) is 1.72. The molecule has 0 aromatic carbocycles. The van der Waals surface area contributed by atoms with Gasteiger partial charge in [0.25, 0.3) is 5.91 Å². The van der Waals surface area contributed by atoms with Crippen LogP contribution in [0, 0.1) is 6.92 Å². The Morgan fingerprint density at radius 3 is 2.95 bits per heavy atom. The van der Waals surface area contributed by atoms with E-state index in [1.165, 1.54) is 24.6 Å². The summed E-state index contributed by atoms with van der Waals surface area (Å²) in [6, 6.07) is 0. The van der Waals surface area contributed by atoms with Crippen molar-refractivity contribution in [2.75, 3.05) is 12.4 Å². The fraction of sp³-hybridized carbons (Fsp3) is 0.273. The van der Waals surface area contributed by atoms with Crippen molar-refractivity contribution < 1.29 is 18.8 Å². The van der Waals surface area contributed by atoms with Gasteiger partial charge in [0.1, 0.15) is 0 Å². The molecule has 0 aliphatic rings. The fourth-order valence-corrected chi connectivity index (χ4v) is 2.03. The van der Waals surface area contributed by atoms with Gasteiger partial charge in [-0.25, -0.2) is 4.98 Å². The number of nitrogens with one attached hydrogen (secondary N) is 1. The summed E-state index contributed by atoms with van der Waals surface area (Å²) in [7, 11) is 1.31. The highest BCUT2D eigenvalue weighted by Gasteiger charge is 2.16. The Bertz CT molecular complexity index is 605. The van der Waals surface area contributed by atoms with E-state index < -0.39 is 5.91 Å². The molecule has 2 aromatic heterocycles. The van der Waals surface area contributed by atoms with E-state index in [-0.39, 0.29) is 18.2 Å². The molecule has 1 amide bonds. The van der Waals surface area contributed by atoms with Gasteiger partial charge in [-0.1, -0.05) is 5.16 Å². The zero-order valence-electron chi connectivity index (χ0n) is 10.3. The van der Waals surface area contributed by atoms with Crippen molar-refractivity contribution in [3.8, 4) is 0 Å². The molecule has 0 aliphatic carbocycles. The van der Waals surface area contributed by atoms with Crippen LogP contribution in [0.1, 0.15) is 21.8 Å². The van der Waals surface area contributed by atoms with Crippen LogP contribution in [-0.4, -0.2) is 29.1 Å². The number of thiazole rings is 1. The number of carbonyl (C=O) groups excluding carboxylic acids is 2. The lowest BCUT2D eigenvalue weighted by Crippen LogP contribution is -2.12. The molecule has 2 heterocycles. The lowest BCUT2D eigenvalue weighted by Gasteiger charge is -1.98. The number of methoxy groups -OCH3 is 1. The van der Waals surface area contributed by atoms with E-state index in [0.717, 1.165) is 0 Å². The number of esters is 1. The van der Waals surface area contributed by atoms with E-state index in [2.05, 4.69) is 20.2 Å². The van der Waals surface area contributed by atoms with Gasteiger partial charge in [-0.05, 0) is 6.92 Å². The molecule has 0 fully saturated rings. The standard InChI is InChI=1S/C11H11N3O4S/c1-6-4-12-18-9(6)10(16)14-11-13-7(5-19-11)3-8(15)17-2/h4-5H,3H2,1-2H3,(H,13,14,16). The predicted octanol–water partition coefficient (Wildman–Crippen LogP) is 1.41. The lowest BCUT2D eigenvalue weighted by molar-refractivity contribution is -0.139. The largest absolute Gasteiger partial charge is 0.469 e. The molecule has 7 nitrogen and oxygen atoms in total. The SMILES string of the molecule is COC(=O)Cc1csc(NC(=O)c2oncc2C)n1. The van der Waals surface area contributed by atoms with Gasteiger partial charge >= 0.3 is 5.97 Å². The van der Waals surface area contributed by atoms with Crippen LogP contribution in [0.2, 0.25) is 0 Å². The second-order valence-corrected chi connectivity index (χ2v) is 4.55. The van der Waals surface area contributed by atoms with Crippen LogP contribution in [0.5, 0.6) is 0 Å². The molecule has 100 valence electrons. The quantitative estimate of drug-likeness (QED) is 0.851. The minimum absolute atomic E-state index is 0.0736. The predicted molar refractivity (Wildman–Crippen MR) is 67.0 cm³/mol. The number of carbonyl (C=O) groups is 2. The third-order valence-corrected chi connectivity index (χ3v) is 3.09. The van der Waals surface area contributed by atoms with Crippen molar-refractivity contribution in [2.45, 2.75) is 13.3 Å². The van der Waals surface area contributed by atoms with Crippen molar-refractivity contribution in [3.05, 3.63) is 28.6 Å². The van der Waals surface area contributed by atoms with E-state index in [9.17, 15) is 9.59 Å². The Kier molecular flexibility index (Phi) is 3.91. The molecular formula is C11H11N3O4S. The Morgan fingerprint density at radius 2 is 2.32 bits per heavy atom. The van der Waals surface area contributed by atoms with Crippen LogP contribution in [0.25, 0.3) is 0 Å². The number of aromatic nitrogens is 2. The van der Waals surface area contributed by atoms with Gasteiger partial charge in [0.05, 0.1) is 25.4 Å². The third kappa shape index (κ3) is 3.16. The monoisotopic (exact) mass is 281 g/mol. The molecular weight excluding hydrogens is 270 g/mol. The molecule has 2 aromatic rings. The van der Waals surface area contributed by atoms with Crippen molar-refractivity contribution in [3.63, 3.8) is 0 Å². The molecule has 2 rings (SSSR count). The first-order valence-corrected chi connectivity index (χ1v) is 6.22. The highest BCUT2D eigenvalue weighted by Crippen LogP contribution is 2.17. The minimum Gasteiger partial charge on any atom is -0.469 e. The van der Waals surface area contributed by atoms with Crippen molar-refractivity contribution >= 4 is 28.3 Å². The van der Waals surface area contributed by atoms with Gasteiger partial charge < -0.3 is 9.26 Å². The van der Waals surface area contributed by atoms with Crippen LogP contribution in [0.15, 0.2) is 16.1 Å². The van der Waals surface area contributed by atoms with E-state index in [1.54, 1.807) is 12.3 Å². The summed E-state index contributed by atoms with van der Waals surface area (Å²) in [5, 5.41) is 8.17. The summed E-state index contributed by atoms with van der Waals surface area (Å²) in [5.41, 5.74) is 1.19. The van der Waals surface area contributed by atoms with Gasteiger partial charge in [-0.3, -0.25) is 14.9 Å². The number of aryl methyl sites for hydroxylation is 1. The Hall–Kier alpha value is -2.22. The molecule has 19 heavy (non-hydrogen) atoms. The van der Waals surface area contributed by atoms with E-state index in [4.69, 9.17) is 4.52 Å². The summed E-state index contributed by atoms with van der Waals surface area (Å²) in [6.07, 6.45) is 1.53. The van der Waals surface area contributed by atoms with Crippen molar-refractivity contribution in [1.82, 2.24) is 10.1 Å². The first-order valence-electron chi connectivity index (χ1n) is 5.34. The van der Waals surface area contributed by atoms with Gasteiger partial charge in [-0.15, -0.1) is 11.3 Å². The van der Waals surface area contributed by atoms with Gasteiger partial charge in [0.2, 0.25) is 5.76 Å². The molecule has 1 N–H and O–H groups in total. The molecule has 0 bridgehead atoms. The second-order valence-electron chi connectivity index (χ2n) is 3.69. The third-order valence-electron chi connectivity index (χ3n) is 2.28. The van der Waals surface area contributed by atoms with Crippen LogP contribution >= 0.6 is 11.3 Å². The van der Waals surface area contributed by atoms with E-state index >= 15 is 0 Å². The maximum absolute atomic E-state index is 11.8. The molecule has 0 atom stereocenters. The molecule has 8 heteroatoms. The minimum atomic E-state index is -0.422. The Balaban J connectivity index is 2.02. The van der Waals surface area contributed by atoms with Crippen molar-refractivity contribution in [1.29, 1.82) is 0 Å². The molecule has 0 aliphatic heterocycles. The zero-order valence-corrected chi connectivity index (χ0v) is 11.1. The van der Waals surface area contributed by atoms with Gasteiger partial charge in [0.15, 0.2) is 5.13 Å². The summed E-state index contributed by atoms with van der Waals surface area (Å²) < 4.78 is 9.36. The molecule has 0 unspecified atom stereocenters. The number of anilines is 1. The number of amides is 1. The summed E-state index contributed by atoms with van der Waals surface area (Å²) in [4.78, 5) is 27.0. The normalized spacial score (nSPS) is 10.2. The second kappa shape index (κ2) is 5.61. The van der Waals surface area contributed by atoms with E-state index in [1.807, 2.05) is 0 Å². The topological polar surface area (TPSA) is 94.3 Å². The number of hydrogen-bond acceptors (Lipinski definition) is 7. The maximum Gasteiger partial charge on any atom is 0.311 e. The average molecular weight is 281 g/mol. The number of nitrogens with zero attached hydrogens (tertiary/aromatic N) is 2. The van der Waals surface area contributed by atoms with Crippen molar-refractivity contribution in [2.24, 2.45) is 0 Å². The number of ether oxygens (including phenoxy) is 1. The molecule has 0 radical (unpaired) electrons. The van der Waals surface area contributed by atoms with Gasteiger partial charge in [0, 0.05) is 10.9 Å². The Morgan fingerprint density at radius 1 is 1.53 bits per heavy atom. The summed E-state index contributed by atoms with van der Waals surface area (Å²) in [5.74, 6) is -0.659. The van der Waals surface area contributed by atoms with Crippen LogP contribution in [0.3, 0.4) is 0 Å². The Labute approximate surface area is 112 Å². The number of rotatable bonds is 4. The molecule has 0 saturated carbocycles. The summed E-state index contributed by atoms with van der Waals surface area (Å²) >= 11 is 1.22. The van der Waals surface area contributed by atoms with Gasteiger partial charge in [-0.2, -0.15) is 0 Å². The first kappa shape index (κ1) is 13.2. The van der Waals surface area contributed by atoms with Crippen LogP contribution in [0.4, 0.5) is 5.13 Å². The van der Waals surface area contributed by atoms with E-state index in [0.29, 0.717) is 16.4 Å². The van der Waals surface area contributed by atoms with Crippen LogP contribution < -0.4 is 5.32 Å². The fourth-order valence-electron chi connectivity index (χ4n) is 1.33. The first-order chi connectivity index (χ1) is 9.10. The molecule has 0 spiro atoms.